The van der Waals surface area contributed by atoms with Crippen molar-refractivity contribution in [3.8, 4) is 21.1 Å². The molecule has 4 heterocycles. The highest BCUT2D eigenvalue weighted by atomic mass is 32.1. The maximum Gasteiger partial charge on any atom is 0.155 e. The Labute approximate surface area is 140 Å². The molecule has 0 saturated carbocycles. The highest BCUT2D eigenvalue weighted by Crippen LogP contribution is 2.33. The van der Waals surface area contributed by atoms with Gasteiger partial charge in [-0.05, 0) is 29.0 Å². The molecule has 5 heteroatoms. The average Bonchev–Trinajstić information content (AvgIpc) is 3.31. The first-order chi connectivity index (χ1) is 11.4. The van der Waals surface area contributed by atoms with Crippen molar-refractivity contribution in [1.82, 2.24) is 14.4 Å². The zero-order valence-corrected chi connectivity index (χ0v) is 13.6. The fourth-order valence-corrected chi connectivity index (χ4v) is 4.49. The second-order valence-electron chi connectivity index (χ2n) is 5.27. The third-order valence-corrected chi connectivity index (χ3v) is 5.88. The molecule has 3 nitrogen and oxygen atoms in total. The van der Waals surface area contributed by atoms with Crippen LogP contribution in [0.1, 0.15) is 0 Å². The summed E-state index contributed by atoms with van der Waals surface area (Å²) in [6.07, 6.45) is 5.84. The summed E-state index contributed by atoms with van der Waals surface area (Å²) in [7, 11) is 0. The first-order valence-electron chi connectivity index (χ1n) is 7.24. The number of hydrogen-bond donors (Lipinski definition) is 0. The van der Waals surface area contributed by atoms with E-state index >= 15 is 0 Å². The van der Waals surface area contributed by atoms with Gasteiger partial charge in [-0.25, -0.2) is 9.97 Å². The van der Waals surface area contributed by atoms with Gasteiger partial charge in [0.15, 0.2) is 5.65 Å². The Balaban J connectivity index is 1.71. The van der Waals surface area contributed by atoms with E-state index in [9.17, 15) is 0 Å². The van der Waals surface area contributed by atoms with Crippen LogP contribution in [0.5, 0.6) is 0 Å². The Kier molecular flexibility index (Phi) is 2.83. The predicted molar refractivity (Wildman–Crippen MR) is 97.1 cm³/mol. The highest BCUT2D eigenvalue weighted by molar-refractivity contribution is 7.22. The lowest BCUT2D eigenvalue weighted by Crippen LogP contribution is -1.90. The van der Waals surface area contributed by atoms with Gasteiger partial charge in [-0.15, -0.1) is 22.7 Å². The third-order valence-electron chi connectivity index (χ3n) is 3.85. The van der Waals surface area contributed by atoms with Crippen molar-refractivity contribution < 1.29 is 0 Å². The van der Waals surface area contributed by atoms with Gasteiger partial charge in [0.05, 0.1) is 33.5 Å². The summed E-state index contributed by atoms with van der Waals surface area (Å²) in [5, 5.41) is 3.35. The van der Waals surface area contributed by atoms with Crippen molar-refractivity contribution in [2.45, 2.75) is 0 Å². The van der Waals surface area contributed by atoms with E-state index in [0.29, 0.717) is 0 Å². The van der Waals surface area contributed by atoms with Crippen LogP contribution in [0.4, 0.5) is 0 Å². The van der Waals surface area contributed by atoms with Crippen LogP contribution in [-0.2, 0) is 0 Å². The van der Waals surface area contributed by atoms with Crippen molar-refractivity contribution in [1.29, 1.82) is 0 Å². The SMILES string of the molecule is c1csc(-c2cnc3cnc(-c4cc5ccccc5s4)cn23)c1. The van der Waals surface area contributed by atoms with Crippen molar-refractivity contribution in [3.05, 3.63) is 66.4 Å². The van der Waals surface area contributed by atoms with Gasteiger partial charge in [-0.3, -0.25) is 4.40 Å². The average molecular weight is 333 g/mol. The van der Waals surface area contributed by atoms with Crippen LogP contribution in [0.2, 0.25) is 0 Å². The van der Waals surface area contributed by atoms with Crippen LogP contribution in [0, 0.1) is 0 Å². The van der Waals surface area contributed by atoms with Gasteiger partial charge in [0, 0.05) is 10.9 Å². The number of thiophene rings is 2. The van der Waals surface area contributed by atoms with Crippen LogP contribution in [0.25, 0.3) is 36.9 Å². The molecule has 0 aliphatic carbocycles. The normalized spacial score (nSPS) is 11.5. The lowest BCUT2D eigenvalue weighted by atomic mass is 10.2. The number of nitrogens with zero attached hydrogens (tertiary/aromatic N) is 3. The van der Waals surface area contributed by atoms with E-state index < -0.39 is 0 Å². The fourth-order valence-electron chi connectivity index (χ4n) is 2.73. The predicted octanol–water partition coefficient (Wildman–Crippen LogP) is 5.34. The molecule has 5 aromatic rings. The van der Waals surface area contributed by atoms with E-state index in [1.165, 1.54) is 19.8 Å². The van der Waals surface area contributed by atoms with E-state index in [0.717, 1.165) is 17.0 Å². The third kappa shape index (κ3) is 2.09. The fraction of sp³-hybridized carbons (Fsp3) is 0. The van der Waals surface area contributed by atoms with Gasteiger partial charge in [-0.1, -0.05) is 24.3 Å². The van der Waals surface area contributed by atoms with Crippen LogP contribution in [-0.4, -0.2) is 14.4 Å². The summed E-state index contributed by atoms with van der Waals surface area (Å²) in [5.41, 5.74) is 2.97. The standard InChI is InChI=1S/C18H11N3S2/c1-2-5-15-12(4-1)8-17(23-15)13-11-21-14(16-6-3-7-22-16)9-20-18(21)10-19-13/h1-11H. The lowest BCUT2D eigenvalue weighted by Gasteiger charge is -2.01. The van der Waals surface area contributed by atoms with Gasteiger partial charge in [-0.2, -0.15) is 0 Å². The summed E-state index contributed by atoms with van der Waals surface area (Å²) in [6.45, 7) is 0. The van der Waals surface area contributed by atoms with E-state index in [4.69, 9.17) is 0 Å². The smallest absolute Gasteiger partial charge is 0.155 e. The molecular formula is C18H11N3S2. The van der Waals surface area contributed by atoms with Crippen molar-refractivity contribution in [2.75, 3.05) is 0 Å². The molecule has 23 heavy (non-hydrogen) atoms. The van der Waals surface area contributed by atoms with Gasteiger partial charge < -0.3 is 0 Å². The van der Waals surface area contributed by atoms with Crippen LogP contribution < -0.4 is 0 Å². The summed E-state index contributed by atoms with van der Waals surface area (Å²) in [4.78, 5) is 11.5. The van der Waals surface area contributed by atoms with Gasteiger partial charge in [0.1, 0.15) is 0 Å². The van der Waals surface area contributed by atoms with E-state index in [1.54, 1.807) is 22.7 Å². The molecule has 1 aromatic carbocycles. The van der Waals surface area contributed by atoms with Gasteiger partial charge >= 0.3 is 0 Å². The molecular weight excluding hydrogens is 322 g/mol. The minimum Gasteiger partial charge on any atom is -0.295 e. The van der Waals surface area contributed by atoms with Crippen LogP contribution >= 0.6 is 22.7 Å². The lowest BCUT2D eigenvalue weighted by molar-refractivity contribution is 1.14. The van der Waals surface area contributed by atoms with E-state index in [2.05, 4.69) is 68.4 Å². The topological polar surface area (TPSA) is 30.2 Å². The number of hydrogen-bond acceptors (Lipinski definition) is 4. The summed E-state index contributed by atoms with van der Waals surface area (Å²) >= 11 is 3.49. The summed E-state index contributed by atoms with van der Waals surface area (Å²) in [6, 6.07) is 14.8. The Morgan fingerprint density at radius 2 is 1.87 bits per heavy atom. The highest BCUT2D eigenvalue weighted by Gasteiger charge is 2.10. The molecule has 0 aliphatic heterocycles. The Morgan fingerprint density at radius 3 is 2.74 bits per heavy atom. The molecule has 0 bridgehead atoms. The molecule has 5 rings (SSSR count). The first kappa shape index (κ1) is 13.0. The zero-order chi connectivity index (χ0) is 15.2. The molecule has 0 saturated heterocycles. The Morgan fingerprint density at radius 1 is 0.913 bits per heavy atom. The summed E-state index contributed by atoms with van der Waals surface area (Å²) in [5.74, 6) is 0. The molecule has 0 N–H and O–H groups in total. The second-order valence-corrected chi connectivity index (χ2v) is 7.30. The van der Waals surface area contributed by atoms with Gasteiger partial charge in [0.25, 0.3) is 0 Å². The number of rotatable bonds is 2. The van der Waals surface area contributed by atoms with Crippen LogP contribution in [0.3, 0.4) is 0 Å². The van der Waals surface area contributed by atoms with Crippen molar-refractivity contribution in [2.24, 2.45) is 0 Å². The first-order valence-corrected chi connectivity index (χ1v) is 8.94. The molecule has 0 unspecified atom stereocenters. The second kappa shape index (κ2) is 5.01. The largest absolute Gasteiger partial charge is 0.295 e. The number of benzene rings is 1. The Bertz CT molecular complexity index is 1090. The van der Waals surface area contributed by atoms with Crippen LogP contribution in [0.15, 0.2) is 66.4 Å². The zero-order valence-electron chi connectivity index (χ0n) is 12.0. The van der Waals surface area contributed by atoms with Crippen molar-refractivity contribution >= 4 is 38.4 Å². The molecule has 0 radical (unpaired) electrons. The van der Waals surface area contributed by atoms with Crippen molar-refractivity contribution in [3.63, 3.8) is 0 Å². The van der Waals surface area contributed by atoms with E-state index in [-0.39, 0.29) is 0 Å². The molecule has 110 valence electrons. The molecule has 0 spiro atoms. The maximum absolute atomic E-state index is 4.60. The van der Waals surface area contributed by atoms with Gasteiger partial charge in [0.2, 0.25) is 0 Å². The molecule has 0 atom stereocenters. The molecule has 0 amide bonds. The minimum atomic E-state index is 0.873. The monoisotopic (exact) mass is 333 g/mol. The number of imidazole rings is 1. The minimum absolute atomic E-state index is 0.873. The quantitative estimate of drug-likeness (QED) is 0.436. The molecule has 4 aromatic heterocycles. The van der Waals surface area contributed by atoms with E-state index in [1.807, 2.05) is 12.4 Å². The Hall–Kier alpha value is -2.50. The summed E-state index contributed by atoms with van der Waals surface area (Å²) < 4.78 is 3.41. The number of fused-ring (bicyclic) bond motifs is 2. The molecule has 0 fully saturated rings. The molecule has 0 aliphatic rings. The number of aromatic nitrogens is 3. The maximum atomic E-state index is 4.60.